The third-order valence-electron chi connectivity index (χ3n) is 5.29. The molecule has 1 saturated heterocycles. The number of aromatic nitrogens is 3. The van der Waals surface area contributed by atoms with Crippen LogP contribution in [0.4, 0.5) is 0 Å². The molecule has 11 heteroatoms. The number of nitrogens with zero attached hydrogens (tertiary/aromatic N) is 3. The first-order valence-electron chi connectivity index (χ1n) is 10.4. The molecule has 32 heavy (non-hydrogen) atoms. The lowest BCUT2D eigenvalue weighted by atomic mass is 9.98. The molecule has 172 valence electrons. The fourth-order valence-electron chi connectivity index (χ4n) is 3.55. The van der Waals surface area contributed by atoms with Crippen molar-refractivity contribution >= 4 is 21.7 Å². The Morgan fingerprint density at radius 1 is 1.22 bits per heavy atom. The van der Waals surface area contributed by atoms with Crippen molar-refractivity contribution in [3.05, 3.63) is 40.3 Å². The van der Waals surface area contributed by atoms with E-state index in [1.165, 1.54) is 24.3 Å². The number of H-pyrrole nitrogens is 1. The average molecular weight is 463 g/mol. The molecular formula is C21H26N4O6S. The summed E-state index contributed by atoms with van der Waals surface area (Å²) in [6.45, 7) is 2.95. The molecule has 1 unspecified atom stereocenters. The largest absolute Gasteiger partial charge is 0.466 e. The highest BCUT2D eigenvalue weighted by molar-refractivity contribution is 7.90. The first kappa shape index (κ1) is 23.6. The van der Waals surface area contributed by atoms with Crippen molar-refractivity contribution in [3.8, 4) is 11.4 Å². The SMILES string of the molecule is CCOC(=O)C1CCCN(C(=O)CCc2nnc(-c3ccc(S(C)(=O)=O)cc3)[nH]c2=O)C1. The molecule has 1 aliphatic rings. The summed E-state index contributed by atoms with van der Waals surface area (Å²) in [6.07, 6.45) is 2.73. The van der Waals surface area contributed by atoms with Crippen LogP contribution >= 0.6 is 0 Å². The maximum absolute atomic E-state index is 12.6. The van der Waals surface area contributed by atoms with E-state index >= 15 is 0 Å². The smallest absolute Gasteiger partial charge is 0.310 e. The number of hydrogen-bond donors (Lipinski definition) is 1. The fourth-order valence-corrected chi connectivity index (χ4v) is 4.18. The molecule has 1 aromatic heterocycles. The van der Waals surface area contributed by atoms with E-state index in [-0.39, 0.29) is 47.0 Å². The van der Waals surface area contributed by atoms with Crippen LogP contribution in [0.1, 0.15) is 31.9 Å². The number of esters is 1. The van der Waals surface area contributed by atoms with Gasteiger partial charge in [0.05, 0.1) is 17.4 Å². The summed E-state index contributed by atoms with van der Waals surface area (Å²) >= 11 is 0. The van der Waals surface area contributed by atoms with Crippen molar-refractivity contribution < 1.29 is 22.7 Å². The van der Waals surface area contributed by atoms with Crippen molar-refractivity contribution in [1.29, 1.82) is 0 Å². The number of nitrogens with one attached hydrogen (secondary N) is 1. The number of aromatic amines is 1. The van der Waals surface area contributed by atoms with E-state index in [0.717, 1.165) is 12.7 Å². The summed E-state index contributed by atoms with van der Waals surface area (Å²) in [4.78, 5) is 41.3. The molecule has 2 heterocycles. The van der Waals surface area contributed by atoms with E-state index in [0.29, 0.717) is 31.7 Å². The number of aryl methyl sites for hydroxylation is 1. The first-order valence-corrected chi connectivity index (χ1v) is 12.3. The topological polar surface area (TPSA) is 139 Å². The van der Waals surface area contributed by atoms with E-state index in [4.69, 9.17) is 4.74 Å². The molecule has 0 saturated carbocycles. The Bertz CT molecular complexity index is 1140. The number of hydrogen-bond acceptors (Lipinski definition) is 8. The molecule has 0 radical (unpaired) electrons. The highest BCUT2D eigenvalue weighted by Gasteiger charge is 2.29. The van der Waals surface area contributed by atoms with Gasteiger partial charge in [0, 0.05) is 37.8 Å². The van der Waals surface area contributed by atoms with Crippen LogP contribution in [-0.4, -0.2) is 66.3 Å². The van der Waals surface area contributed by atoms with Gasteiger partial charge in [0.25, 0.3) is 5.56 Å². The number of amides is 1. The molecule has 0 spiro atoms. The first-order chi connectivity index (χ1) is 15.2. The highest BCUT2D eigenvalue weighted by atomic mass is 32.2. The second-order valence-electron chi connectivity index (χ2n) is 7.68. The molecule has 1 amide bonds. The Hall–Kier alpha value is -3.08. The summed E-state index contributed by atoms with van der Waals surface area (Å²) in [5.41, 5.74) is 0.190. The number of benzene rings is 1. The van der Waals surface area contributed by atoms with Gasteiger partial charge in [0.2, 0.25) is 5.91 Å². The van der Waals surface area contributed by atoms with Crippen LogP contribution in [-0.2, 0) is 30.6 Å². The summed E-state index contributed by atoms with van der Waals surface area (Å²) in [6, 6.07) is 5.94. The van der Waals surface area contributed by atoms with Crippen molar-refractivity contribution in [3.63, 3.8) is 0 Å². The predicted octanol–water partition coefficient (Wildman–Crippen LogP) is 0.970. The Labute approximate surface area is 185 Å². The Morgan fingerprint density at radius 2 is 1.94 bits per heavy atom. The molecule has 10 nitrogen and oxygen atoms in total. The van der Waals surface area contributed by atoms with Crippen molar-refractivity contribution in [2.45, 2.75) is 37.5 Å². The van der Waals surface area contributed by atoms with Gasteiger partial charge >= 0.3 is 5.97 Å². The fraction of sp³-hybridized carbons (Fsp3) is 0.476. The van der Waals surface area contributed by atoms with Crippen LogP contribution in [0.15, 0.2) is 34.0 Å². The highest BCUT2D eigenvalue weighted by Crippen LogP contribution is 2.19. The monoisotopic (exact) mass is 462 g/mol. The Kier molecular flexibility index (Phi) is 7.39. The van der Waals surface area contributed by atoms with Crippen molar-refractivity contribution in [2.75, 3.05) is 26.0 Å². The summed E-state index contributed by atoms with van der Waals surface area (Å²) in [7, 11) is -3.32. The van der Waals surface area contributed by atoms with E-state index in [9.17, 15) is 22.8 Å². The minimum Gasteiger partial charge on any atom is -0.466 e. The van der Waals surface area contributed by atoms with E-state index in [1.807, 2.05) is 0 Å². The van der Waals surface area contributed by atoms with E-state index in [2.05, 4.69) is 15.2 Å². The molecule has 1 aliphatic heterocycles. The van der Waals surface area contributed by atoms with Crippen LogP contribution in [0.5, 0.6) is 0 Å². The lowest BCUT2D eigenvalue weighted by Gasteiger charge is -2.31. The second kappa shape index (κ2) is 10.0. The molecule has 1 atom stereocenters. The minimum absolute atomic E-state index is 0.0791. The van der Waals surface area contributed by atoms with Crippen LogP contribution in [0, 0.1) is 5.92 Å². The molecule has 0 bridgehead atoms. The summed E-state index contributed by atoms with van der Waals surface area (Å²) in [5, 5.41) is 7.96. The van der Waals surface area contributed by atoms with Gasteiger partial charge in [-0.05, 0) is 44.0 Å². The molecule has 0 aliphatic carbocycles. The van der Waals surface area contributed by atoms with Gasteiger partial charge in [-0.3, -0.25) is 14.4 Å². The van der Waals surface area contributed by atoms with Crippen LogP contribution in [0.2, 0.25) is 0 Å². The van der Waals surface area contributed by atoms with Gasteiger partial charge in [-0.1, -0.05) is 0 Å². The standard InChI is InChI=1S/C21H26N4O6S/c1-3-31-21(28)15-5-4-12-25(13-15)18(26)11-10-17-20(27)22-19(24-23-17)14-6-8-16(9-7-14)32(2,29)30/h6-9,15H,3-5,10-13H2,1-2H3,(H,22,24,27). The van der Waals surface area contributed by atoms with Gasteiger partial charge in [0.15, 0.2) is 15.7 Å². The lowest BCUT2D eigenvalue weighted by molar-refractivity contribution is -0.151. The molecule has 1 aromatic carbocycles. The third-order valence-corrected chi connectivity index (χ3v) is 6.42. The number of ether oxygens (including phenoxy) is 1. The molecule has 3 rings (SSSR count). The normalized spacial score (nSPS) is 16.6. The number of sulfone groups is 1. The molecule has 1 fully saturated rings. The predicted molar refractivity (Wildman–Crippen MR) is 115 cm³/mol. The Morgan fingerprint density at radius 3 is 2.56 bits per heavy atom. The molecular weight excluding hydrogens is 436 g/mol. The van der Waals surface area contributed by atoms with Crippen LogP contribution < -0.4 is 5.56 Å². The van der Waals surface area contributed by atoms with Gasteiger partial charge in [0.1, 0.15) is 5.69 Å². The Balaban J connectivity index is 1.62. The zero-order valence-electron chi connectivity index (χ0n) is 18.0. The molecule has 2 aromatic rings. The summed E-state index contributed by atoms with van der Waals surface area (Å²) < 4.78 is 28.2. The molecule has 1 N–H and O–H groups in total. The number of piperidine rings is 1. The second-order valence-corrected chi connectivity index (χ2v) is 9.69. The zero-order chi connectivity index (χ0) is 23.3. The average Bonchev–Trinajstić information content (AvgIpc) is 2.78. The van der Waals surface area contributed by atoms with Gasteiger partial charge in [-0.25, -0.2) is 8.42 Å². The quantitative estimate of drug-likeness (QED) is 0.601. The number of carbonyl (C=O) groups is 2. The minimum atomic E-state index is -3.32. The zero-order valence-corrected chi connectivity index (χ0v) is 18.9. The number of likely N-dealkylation sites (tertiary alicyclic amines) is 1. The van der Waals surface area contributed by atoms with Crippen molar-refractivity contribution in [2.24, 2.45) is 5.92 Å². The van der Waals surface area contributed by atoms with Crippen molar-refractivity contribution in [1.82, 2.24) is 20.1 Å². The van der Waals surface area contributed by atoms with Gasteiger partial charge < -0.3 is 14.6 Å². The van der Waals surface area contributed by atoms with Gasteiger partial charge in [-0.15, -0.1) is 10.2 Å². The van der Waals surface area contributed by atoms with Crippen LogP contribution in [0.3, 0.4) is 0 Å². The maximum atomic E-state index is 12.6. The third kappa shape index (κ3) is 5.78. The number of carbonyl (C=O) groups excluding carboxylic acids is 2. The van der Waals surface area contributed by atoms with E-state index < -0.39 is 15.4 Å². The van der Waals surface area contributed by atoms with E-state index in [1.54, 1.807) is 11.8 Å². The maximum Gasteiger partial charge on any atom is 0.310 e. The summed E-state index contributed by atoms with van der Waals surface area (Å²) in [5.74, 6) is -0.546. The lowest BCUT2D eigenvalue weighted by Crippen LogP contribution is -2.43. The van der Waals surface area contributed by atoms with Gasteiger partial charge in [-0.2, -0.15) is 0 Å². The number of rotatable bonds is 7. The van der Waals surface area contributed by atoms with Crippen LogP contribution in [0.25, 0.3) is 11.4 Å².